The molecule has 0 fully saturated rings. The molecule has 0 saturated heterocycles. The van der Waals surface area contributed by atoms with Crippen LogP contribution in [0.3, 0.4) is 0 Å². The molecule has 3 rings (SSSR count). The van der Waals surface area contributed by atoms with Gasteiger partial charge in [0.1, 0.15) is 11.3 Å². The zero-order chi connectivity index (χ0) is 15.9. The number of pyridine rings is 1. The summed E-state index contributed by atoms with van der Waals surface area (Å²) in [7, 11) is 0. The first-order valence-corrected chi connectivity index (χ1v) is 7.54. The molecule has 0 aliphatic carbocycles. The van der Waals surface area contributed by atoms with Crippen molar-refractivity contribution in [1.82, 2.24) is 9.38 Å². The molecule has 0 radical (unpaired) electrons. The number of benzene rings is 1. The van der Waals surface area contributed by atoms with E-state index < -0.39 is 0 Å². The molecule has 112 valence electrons. The average molecular weight is 333 g/mol. The summed E-state index contributed by atoms with van der Waals surface area (Å²) in [6, 6.07) is 7.54. The van der Waals surface area contributed by atoms with Crippen LogP contribution in [-0.2, 0) is 0 Å². The molecule has 0 unspecified atom stereocenters. The van der Waals surface area contributed by atoms with Gasteiger partial charge >= 0.3 is 0 Å². The quantitative estimate of drug-likeness (QED) is 0.532. The number of nitrogens with zero attached hydrogens (tertiary/aromatic N) is 4. The van der Waals surface area contributed by atoms with Crippen molar-refractivity contribution in [2.24, 2.45) is 10.2 Å². The smallest absolute Gasteiger partial charge is 0.182 e. The molecule has 0 bridgehead atoms. The van der Waals surface area contributed by atoms with Crippen molar-refractivity contribution >= 4 is 40.4 Å². The van der Waals surface area contributed by atoms with Crippen molar-refractivity contribution in [3.8, 4) is 0 Å². The number of fused-ring (bicyclic) bond motifs is 1. The molecular formula is C16H14Cl2N4. The summed E-state index contributed by atoms with van der Waals surface area (Å²) in [4.78, 5) is 4.44. The molecule has 2 heterocycles. The SMILES string of the molecule is Cc1cc(C)c(N=Nc2c(C)nc3ccc(Cl)cn23)c(Cl)c1. The normalized spacial score (nSPS) is 11.7. The molecule has 0 aliphatic rings. The van der Waals surface area contributed by atoms with E-state index in [1.807, 2.05) is 43.4 Å². The lowest BCUT2D eigenvalue weighted by Crippen LogP contribution is -1.83. The Labute approximate surface area is 138 Å². The van der Waals surface area contributed by atoms with Crippen molar-refractivity contribution in [3.63, 3.8) is 0 Å². The predicted molar refractivity (Wildman–Crippen MR) is 90.0 cm³/mol. The maximum absolute atomic E-state index is 6.26. The van der Waals surface area contributed by atoms with E-state index in [2.05, 4.69) is 15.2 Å². The Balaban J connectivity index is 2.10. The fourth-order valence-electron chi connectivity index (χ4n) is 2.38. The van der Waals surface area contributed by atoms with E-state index >= 15 is 0 Å². The summed E-state index contributed by atoms with van der Waals surface area (Å²) < 4.78 is 1.82. The van der Waals surface area contributed by atoms with Gasteiger partial charge in [-0.15, -0.1) is 10.2 Å². The first-order valence-electron chi connectivity index (χ1n) is 6.78. The van der Waals surface area contributed by atoms with Crippen LogP contribution in [0.25, 0.3) is 5.65 Å². The molecule has 2 aromatic heterocycles. The Morgan fingerprint density at radius 3 is 2.55 bits per heavy atom. The fraction of sp³-hybridized carbons (Fsp3) is 0.188. The number of azo groups is 1. The van der Waals surface area contributed by atoms with Crippen LogP contribution in [0, 0.1) is 20.8 Å². The first-order chi connectivity index (χ1) is 10.5. The minimum Gasteiger partial charge on any atom is -0.281 e. The van der Waals surface area contributed by atoms with E-state index in [0.29, 0.717) is 21.6 Å². The first kappa shape index (κ1) is 15.0. The van der Waals surface area contributed by atoms with E-state index in [1.54, 1.807) is 12.3 Å². The second-order valence-electron chi connectivity index (χ2n) is 5.21. The van der Waals surface area contributed by atoms with Gasteiger partial charge < -0.3 is 0 Å². The fourth-order valence-corrected chi connectivity index (χ4v) is 2.90. The van der Waals surface area contributed by atoms with Crippen molar-refractivity contribution in [1.29, 1.82) is 0 Å². The van der Waals surface area contributed by atoms with Gasteiger partial charge in [-0.2, -0.15) is 0 Å². The summed E-state index contributed by atoms with van der Waals surface area (Å²) in [6.45, 7) is 5.85. The molecule has 0 atom stereocenters. The monoisotopic (exact) mass is 332 g/mol. The molecule has 22 heavy (non-hydrogen) atoms. The number of aryl methyl sites for hydroxylation is 3. The van der Waals surface area contributed by atoms with Crippen LogP contribution in [0.4, 0.5) is 11.5 Å². The van der Waals surface area contributed by atoms with Gasteiger partial charge in [-0.05, 0) is 50.1 Å². The van der Waals surface area contributed by atoms with Crippen LogP contribution >= 0.6 is 23.2 Å². The average Bonchev–Trinajstić information content (AvgIpc) is 2.73. The third-order valence-corrected chi connectivity index (χ3v) is 3.88. The van der Waals surface area contributed by atoms with Crippen LogP contribution in [0.2, 0.25) is 10.0 Å². The van der Waals surface area contributed by atoms with Gasteiger partial charge in [-0.1, -0.05) is 29.3 Å². The molecule has 6 heteroatoms. The summed E-state index contributed by atoms with van der Waals surface area (Å²) in [5.41, 5.74) is 4.32. The van der Waals surface area contributed by atoms with Crippen LogP contribution in [-0.4, -0.2) is 9.38 Å². The Bertz CT molecular complexity index is 874. The van der Waals surface area contributed by atoms with Gasteiger partial charge in [0.15, 0.2) is 5.82 Å². The standard InChI is InChI=1S/C16H14Cl2N4/c1-9-6-10(2)15(13(18)7-9)20-21-16-11(3)19-14-5-4-12(17)8-22(14)16/h4-8H,1-3H3. The zero-order valence-corrected chi connectivity index (χ0v) is 13.9. The predicted octanol–water partition coefficient (Wildman–Crippen LogP) is 5.98. The molecule has 0 N–H and O–H groups in total. The third-order valence-electron chi connectivity index (χ3n) is 3.37. The number of aromatic nitrogens is 2. The highest BCUT2D eigenvalue weighted by Gasteiger charge is 2.10. The lowest BCUT2D eigenvalue weighted by molar-refractivity contribution is 1.09. The lowest BCUT2D eigenvalue weighted by Gasteiger charge is -2.04. The van der Waals surface area contributed by atoms with E-state index in [1.165, 1.54) is 0 Å². The van der Waals surface area contributed by atoms with Crippen molar-refractivity contribution < 1.29 is 0 Å². The summed E-state index contributed by atoms with van der Waals surface area (Å²) in [5, 5.41) is 9.86. The Morgan fingerprint density at radius 2 is 1.82 bits per heavy atom. The molecule has 0 saturated carbocycles. The summed E-state index contributed by atoms with van der Waals surface area (Å²) in [5.74, 6) is 0.647. The van der Waals surface area contributed by atoms with E-state index in [9.17, 15) is 0 Å². The molecule has 1 aromatic carbocycles. The van der Waals surface area contributed by atoms with E-state index in [-0.39, 0.29) is 0 Å². The zero-order valence-electron chi connectivity index (χ0n) is 12.4. The Hall–Kier alpha value is -1.91. The van der Waals surface area contributed by atoms with Gasteiger partial charge in [0, 0.05) is 6.20 Å². The van der Waals surface area contributed by atoms with Crippen molar-refractivity contribution in [2.75, 3.05) is 0 Å². The lowest BCUT2D eigenvalue weighted by atomic mass is 10.1. The molecule has 4 nitrogen and oxygen atoms in total. The van der Waals surface area contributed by atoms with E-state index in [0.717, 1.165) is 22.5 Å². The minimum absolute atomic E-state index is 0.589. The van der Waals surface area contributed by atoms with Gasteiger partial charge in [0.05, 0.1) is 15.7 Å². The van der Waals surface area contributed by atoms with E-state index in [4.69, 9.17) is 23.2 Å². The van der Waals surface area contributed by atoms with Crippen LogP contribution < -0.4 is 0 Å². The van der Waals surface area contributed by atoms with Gasteiger partial charge in [0.25, 0.3) is 0 Å². The van der Waals surface area contributed by atoms with Crippen molar-refractivity contribution in [2.45, 2.75) is 20.8 Å². The molecule has 0 amide bonds. The Morgan fingerprint density at radius 1 is 1.05 bits per heavy atom. The highest BCUT2D eigenvalue weighted by atomic mass is 35.5. The summed E-state index contributed by atoms with van der Waals surface area (Å²) in [6.07, 6.45) is 1.77. The number of hydrogen-bond donors (Lipinski definition) is 0. The third kappa shape index (κ3) is 2.72. The Kier molecular flexibility index (Phi) is 3.89. The number of rotatable bonds is 2. The topological polar surface area (TPSA) is 42.0 Å². The van der Waals surface area contributed by atoms with Crippen LogP contribution in [0.1, 0.15) is 16.8 Å². The second kappa shape index (κ2) is 5.71. The van der Waals surface area contributed by atoms with Gasteiger partial charge in [-0.25, -0.2) is 4.98 Å². The molecule has 0 aliphatic heterocycles. The molecule has 3 aromatic rings. The highest BCUT2D eigenvalue weighted by Crippen LogP contribution is 2.32. The van der Waals surface area contributed by atoms with Gasteiger partial charge in [-0.3, -0.25) is 4.40 Å². The second-order valence-corrected chi connectivity index (χ2v) is 6.05. The van der Waals surface area contributed by atoms with Crippen molar-refractivity contribution in [3.05, 3.63) is 57.3 Å². The minimum atomic E-state index is 0.589. The highest BCUT2D eigenvalue weighted by molar-refractivity contribution is 6.33. The van der Waals surface area contributed by atoms with Gasteiger partial charge in [0.2, 0.25) is 0 Å². The van der Waals surface area contributed by atoms with Crippen LogP contribution in [0.15, 0.2) is 40.7 Å². The molecular weight excluding hydrogens is 319 g/mol. The van der Waals surface area contributed by atoms with Crippen LogP contribution in [0.5, 0.6) is 0 Å². The number of hydrogen-bond acceptors (Lipinski definition) is 3. The largest absolute Gasteiger partial charge is 0.281 e. The number of halogens is 2. The maximum Gasteiger partial charge on any atom is 0.182 e. The summed E-state index contributed by atoms with van der Waals surface area (Å²) >= 11 is 12.3. The molecule has 0 spiro atoms. The maximum atomic E-state index is 6.26. The number of imidazole rings is 1.